The van der Waals surface area contributed by atoms with Gasteiger partial charge in [0.05, 0.1) is 23.6 Å². The average molecular weight is 456 g/mol. The third kappa shape index (κ3) is 3.32. The number of pyridine rings is 1. The minimum Gasteiger partial charge on any atom is -0.323 e. The highest BCUT2D eigenvalue weighted by atomic mass is 32.1. The van der Waals surface area contributed by atoms with Crippen molar-refractivity contribution in [2.24, 2.45) is 7.05 Å². The number of thiazole rings is 1. The van der Waals surface area contributed by atoms with E-state index in [1.54, 1.807) is 17.5 Å². The number of nitrogens with zero attached hydrogens (tertiary/aromatic N) is 6. The molecule has 0 atom stereocenters. The molecular weight excluding hydrogens is 434 g/mol. The minimum absolute atomic E-state index is 0.124. The average Bonchev–Trinajstić information content (AvgIpc) is 3.45. The van der Waals surface area contributed by atoms with Crippen molar-refractivity contribution in [3.05, 3.63) is 86.8 Å². The number of nitrogens with one attached hydrogen (secondary N) is 1. The van der Waals surface area contributed by atoms with Gasteiger partial charge in [0, 0.05) is 47.9 Å². The maximum atomic E-state index is 13.4. The second-order valence-corrected chi connectivity index (χ2v) is 9.31. The van der Waals surface area contributed by atoms with Gasteiger partial charge in [0.15, 0.2) is 5.65 Å². The predicted octanol–water partition coefficient (Wildman–Crippen LogP) is 3.56. The zero-order valence-electron chi connectivity index (χ0n) is 18.2. The Morgan fingerprint density at radius 2 is 2.12 bits per heavy atom. The lowest BCUT2D eigenvalue weighted by Crippen LogP contribution is -2.24. The van der Waals surface area contributed by atoms with Crippen LogP contribution in [0.3, 0.4) is 0 Å². The summed E-state index contributed by atoms with van der Waals surface area (Å²) in [6.45, 7) is 2.36. The molecule has 1 aliphatic rings. The van der Waals surface area contributed by atoms with Crippen LogP contribution >= 0.6 is 11.3 Å². The van der Waals surface area contributed by atoms with Gasteiger partial charge in [-0.15, -0.1) is 11.3 Å². The molecule has 6 rings (SSSR count). The summed E-state index contributed by atoms with van der Waals surface area (Å²) < 4.78 is 4.39. The number of fused-ring (bicyclic) bond motifs is 4. The number of allylic oxidation sites excluding steroid dienone is 4. The molecule has 5 aromatic rings. The van der Waals surface area contributed by atoms with Gasteiger partial charge >= 0.3 is 0 Å². The molecule has 0 bridgehead atoms. The van der Waals surface area contributed by atoms with Crippen LogP contribution in [0.15, 0.2) is 53.6 Å². The molecule has 1 N–H and O–H groups in total. The van der Waals surface area contributed by atoms with Crippen molar-refractivity contribution in [1.82, 2.24) is 34.5 Å². The zero-order chi connectivity index (χ0) is 22.5. The SMILES string of the molecule is Cc1cccc(Cc2nc3c(s2)c2cnn(CC4=CC=CCc5[nH]ncc54)c(=O)c2n3C)n1. The zero-order valence-corrected chi connectivity index (χ0v) is 19.1. The molecule has 0 aromatic carbocycles. The molecule has 0 amide bonds. The minimum atomic E-state index is -0.124. The number of hydrogen-bond donors (Lipinski definition) is 1. The maximum Gasteiger partial charge on any atom is 0.291 e. The summed E-state index contributed by atoms with van der Waals surface area (Å²) >= 11 is 1.60. The Bertz CT molecular complexity index is 1650. The summed E-state index contributed by atoms with van der Waals surface area (Å²) in [6, 6.07) is 6.01. The van der Waals surface area contributed by atoms with Crippen LogP contribution in [0.5, 0.6) is 0 Å². The summed E-state index contributed by atoms with van der Waals surface area (Å²) in [5, 5.41) is 13.5. The van der Waals surface area contributed by atoms with Gasteiger partial charge in [-0.3, -0.25) is 14.9 Å². The molecule has 1 aliphatic carbocycles. The molecule has 0 spiro atoms. The molecule has 0 saturated heterocycles. The maximum absolute atomic E-state index is 13.4. The van der Waals surface area contributed by atoms with E-state index in [-0.39, 0.29) is 5.56 Å². The van der Waals surface area contributed by atoms with Crippen molar-refractivity contribution in [1.29, 1.82) is 0 Å². The number of aromatic nitrogens is 7. The van der Waals surface area contributed by atoms with Crippen LogP contribution in [0.25, 0.3) is 26.8 Å². The highest BCUT2D eigenvalue weighted by Crippen LogP contribution is 2.32. The lowest BCUT2D eigenvalue weighted by molar-refractivity contribution is 0.665. The smallest absolute Gasteiger partial charge is 0.291 e. The second kappa shape index (κ2) is 7.63. The monoisotopic (exact) mass is 455 g/mol. The first kappa shape index (κ1) is 19.8. The molecule has 0 radical (unpaired) electrons. The quantitative estimate of drug-likeness (QED) is 0.447. The topological polar surface area (TPSA) is 94.3 Å². The van der Waals surface area contributed by atoms with Crippen molar-refractivity contribution < 1.29 is 0 Å². The Balaban J connectivity index is 1.39. The van der Waals surface area contributed by atoms with E-state index in [9.17, 15) is 4.79 Å². The number of hydrogen-bond acceptors (Lipinski definition) is 6. The van der Waals surface area contributed by atoms with E-state index in [1.165, 1.54) is 4.68 Å². The van der Waals surface area contributed by atoms with Gasteiger partial charge < -0.3 is 4.57 Å². The molecule has 0 unspecified atom stereocenters. The Kier molecular flexibility index (Phi) is 4.58. The molecule has 0 fully saturated rings. The van der Waals surface area contributed by atoms with Crippen molar-refractivity contribution in [3.63, 3.8) is 0 Å². The summed E-state index contributed by atoms with van der Waals surface area (Å²) in [5.74, 6) is 0. The summed E-state index contributed by atoms with van der Waals surface area (Å²) in [5.41, 5.74) is 6.36. The molecule has 9 heteroatoms. The van der Waals surface area contributed by atoms with Gasteiger partial charge in [0.25, 0.3) is 5.56 Å². The first-order chi connectivity index (χ1) is 16.1. The number of rotatable bonds is 4. The largest absolute Gasteiger partial charge is 0.323 e. The summed E-state index contributed by atoms with van der Waals surface area (Å²) in [7, 11) is 1.90. The second-order valence-electron chi connectivity index (χ2n) is 8.22. The molecule has 164 valence electrons. The van der Waals surface area contributed by atoms with Gasteiger partial charge in [-0.1, -0.05) is 24.3 Å². The van der Waals surface area contributed by atoms with Crippen LogP contribution in [0.4, 0.5) is 0 Å². The van der Waals surface area contributed by atoms with E-state index >= 15 is 0 Å². The third-order valence-electron chi connectivity index (χ3n) is 5.99. The van der Waals surface area contributed by atoms with Crippen LogP contribution in [0.2, 0.25) is 0 Å². The Morgan fingerprint density at radius 3 is 3.00 bits per heavy atom. The Labute approximate surface area is 192 Å². The highest BCUT2D eigenvalue weighted by Gasteiger charge is 2.20. The van der Waals surface area contributed by atoms with Crippen LogP contribution in [-0.2, 0) is 26.4 Å². The fraction of sp³-hybridized carbons (Fsp3) is 0.208. The van der Waals surface area contributed by atoms with Crippen molar-refractivity contribution in [2.75, 3.05) is 0 Å². The highest BCUT2D eigenvalue weighted by molar-refractivity contribution is 7.19. The van der Waals surface area contributed by atoms with E-state index in [0.717, 1.165) is 55.4 Å². The number of aryl methyl sites for hydroxylation is 2. The first-order valence-electron chi connectivity index (χ1n) is 10.7. The first-order valence-corrected chi connectivity index (χ1v) is 11.5. The van der Waals surface area contributed by atoms with E-state index in [0.29, 0.717) is 18.5 Å². The van der Waals surface area contributed by atoms with E-state index in [4.69, 9.17) is 4.98 Å². The summed E-state index contributed by atoms with van der Waals surface area (Å²) in [4.78, 5) is 22.8. The normalized spacial score (nSPS) is 13.5. The molecule has 5 aromatic heterocycles. The van der Waals surface area contributed by atoms with E-state index in [2.05, 4.69) is 26.4 Å². The van der Waals surface area contributed by atoms with Crippen molar-refractivity contribution in [2.45, 2.75) is 26.3 Å². The predicted molar refractivity (Wildman–Crippen MR) is 129 cm³/mol. The van der Waals surface area contributed by atoms with Crippen LogP contribution in [-0.4, -0.2) is 34.5 Å². The molecule has 0 saturated carbocycles. The van der Waals surface area contributed by atoms with E-state index < -0.39 is 0 Å². The Morgan fingerprint density at radius 1 is 1.21 bits per heavy atom. The lowest BCUT2D eigenvalue weighted by Gasteiger charge is -2.09. The van der Waals surface area contributed by atoms with Gasteiger partial charge in [-0.2, -0.15) is 10.2 Å². The number of H-pyrrole nitrogens is 1. The standard InChI is InChI=1S/C24H21N7OS/c1-14-6-5-8-16(27-14)10-20-28-23-22(33-20)18-12-26-31(24(32)21(18)30(23)2)13-15-7-3-4-9-19-17(15)11-25-29-19/h3-8,11-12H,9-10,13H2,1-2H3,(H,25,29). The van der Waals surface area contributed by atoms with Crippen LogP contribution in [0, 0.1) is 6.92 Å². The molecule has 5 heterocycles. The summed E-state index contributed by atoms with van der Waals surface area (Å²) in [6.07, 6.45) is 11.2. The van der Waals surface area contributed by atoms with Crippen LogP contribution < -0.4 is 5.56 Å². The molecule has 33 heavy (non-hydrogen) atoms. The van der Waals surface area contributed by atoms with Crippen molar-refractivity contribution >= 4 is 38.2 Å². The van der Waals surface area contributed by atoms with Crippen molar-refractivity contribution in [3.8, 4) is 0 Å². The molecular formula is C24H21N7OS. The van der Waals surface area contributed by atoms with Gasteiger partial charge in [0.2, 0.25) is 0 Å². The van der Waals surface area contributed by atoms with Crippen LogP contribution in [0.1, 0.15) is 27.7 Å². The molecule has 8 nitrogen and oxygen atoms in total. The fourth-order valence-electron chi connectivity index (χ4n) is 4.38. The number of aromatic amines is 1. The van der Waals surface area contributed by atoms with E-state index in [1.807, 2.05) is 55.1 Å². The third-order valence-corrected chi connectivity index (χ3v) is 7.07. The molecule has 0 aliphatic heterocycles. The van der Waals surface area contributed by atoms with Gasteiger partial charge in [-0.25, -0.2) is 9.67 Å². The van der Waals surface area contributed by atoms with Gasteiger partial charge in [0.1, 0.15) is 10.5 Å². The Hall–Kier alpha value is -3.85. The lowest BCUT2D eigenvalue weighted by atomic mass is 10.1. The van der Waals surface area contributed by atoms with Gasteiger partial charge in [-0.05, 0) is 24.6 Å². The fourth-order valence-corrected chi connectivity index (χ4v) is 5.50.